The van der Waals surface area contributed by atoms with Gasteiger partial charge >= 0.3 is 0 Å². The summed E-state index contributed by atoms with van der Waals surface area (Å²) in [6, 6.07) is 2.51. The molecule has 0 saturated heterocycles. The van der Waals surface area contributed by atoms with Crippen molar-refractivity contribution in [3.8, 4) is 0 Å². The second kappa shape index (κ2) is 6.79. The Morgan fingerprint density at radius 2 is 2.22 bits per heavy atom. The Morgan fingerprint density at radius 3 is 2.89 bits per heavy atom. The minimum atomic E-state index is 0.374. The number of allylic oxidation sites excluding steroid dienone is 1. The Labute approximate surface area is 110 Å². The highest BCUT2D eigenvalue weighted by Gasteiger charge is 2.21. The molecule has 0 fully saturated rings. The predicted octanol–water partition coefficient (Wildman–Crippen LogP) is 4.38. The Kier molecular flexibility index (Phi) is 5.06. The third-order valence-electron chi connectivity index (χ3n) is 3.71. The van der Waals surface area contributed by atoms with E-state index in [4.69, 9.17) is 4.42 Å². The van der Waals surface area contributed by atoms with Crippen LogP contribution in [0.5, 0.6) is 0 Å². The van der Waals surface area contributed by atoms with Crippen molar-refractivity contribution in [2.75, 3.05) is 6.54 Å². The van der Waals surface area contributed by atoms with Gasteiger partial charge in [-0.2, -0.15) is 0 Å². The van der Waals surface area contributed by atoms with Gasteiger partial charge in [-0.25, -0.2) is 0 Å². The molecule has 1 N–H and O–H groups in total. The number of nitrogens with one attached hydrogen (secondary N) is 1. The SMILES string of the molecule is CCCNC(C1=CCCCC1)c1ccoc1CC. The maximum absolute atomic E-state index is 5.60. The van der Waals surface area contributed by atoms with Gasteiger partial charge in [0.05, 0.1) is 12.3 Å². The molecule has 1 aliphatic rings. The molecule has 0 aromatic carbocycles. The van der Waals surface area contributed by atoms with Crippen LogP contribution >= 0.6 is 0 Å². The summed E-state index contributed by atoms with van der Waals surface area (Å²) in [6.45, 7) is 5.44. The zero-order valence-electron chi connectivity index (χ0n) is 11.7. The van der Waals surface area contributed by atoms with E-state index in [-0.39, 0.29) is 0 Å². The zero-order chi connectivity index (χ0) is 12.8. The normalized spacial score (nSPS) is 17.6. The van der Waals surface area contributed by atoms with Gasteiger partial charge in [-0.15, -0.1) is 0 Å². The van der Waals surface area contributed by atoms with Gasteiger partial charge in [0.25, 0.3) is 0 Å². The van der Waals surface area contributed by atoms with Crippen LogP contribution in [0, 0.1) is 0 Å². The highest BCUT2D eigenvalue weighted by Crippen LogP contribution is 2.32. The number of furan rings is 1. The monoisotopic (exact) mass is 247 g/mol. The van der Waals surface area contributed by atoms with Crippen molar-refractivity contribution < 1.29 is 4.42 Å². The van der Waals surface area contributed by atoms with Gasteiger partial charge in [0.1, 0.15) is 5.76 Å². The van der Waals surface area contributed by atoms with Crippen molar-refractivity contribution in [1.82, 2.24) is 5.32 Å². The molecular formula is C16H25NO. The molecule has 0 amide bonds. The van der Waals surface area contributed by atoms with E-state index in [9.17, 15) is 0 Å². The number of hydrogen-bond acceptors (Lipinski definition) is 2. The van der Waals surface area contributed by atoms with Crippen molar-refractivity contribution in [2.45, 2.75) is 58.4 Å². The second-order valence-electron chi connectivity index (χ2n) is 5.06. The lowest BCUT2D eigenvalue weighted by Gasteiger charge is -2.24. The zero-order valence-corrected chi connectivity index (χ0v) is 11.7. The number of aryl methyl sites for hydroxylation is 1. The van der Waals surface area contributed by atoms with Gasteiger partial charge in [0, 0.05) is 12.0 Å². The van der Waals surface area contributed by atoms with Crippen LogP contribution in [0.4, 0.5) is 0 Å². The van der Waals surface area contributed by atoms with Crippen molar-refractivity contribution in [1.29, 1.82) is 0 Å². The van der Waals surface area contributed by atoms with Crippen LogP contribution in [0.1, 0.15) is 63.3 Å². The van der Waals surface area contributed by atoms with Crippen LogP contribution in [-0.2, 0) is 6.42 Å². The summed E-state index contributed by atoms with van der Waals surface area (Å²) in [5.74, 6) is 1.13. The third kappa shape index (κ3) is 3.05. The molecule has 2 nitrogen and oxygen atoms in total. The van der Waals surface area contributed by atoms with E-state index in [1.807, 2.05) is 6.26 Å². The predicted molar refractivity (Wildman–Crippen MR) is 75.7 cm³/mol. The number of rotatable bonds is 6. The Morgan fingerprint density at radius 1 is 1.33 bits per heavy atom. The second-order valence-corrected chi connectivity index (χ2v) is 5.06. The van der Waals surface area contributed by atoms with E-state index in [0.29, 0.717) is 6.04 Å². The lowest BCUT2D eigenvalue weighted by atomic mass is 9.89. The van der Waals surface area contributed by atoms with Crippen LogP contribution < -0.4 is 5.32 Å². The fraction of sp³-hybridized carbons (Fsp3) is 0.625. The molecule has 1 atom stereocenters. The quantitative estimate of drug-likeness (QED) is 0.754. The summed E-state index contributed by atoms with van der Waals surface area (Å²) in [5.41, 5.74) is 2.91. The summed E-state index contributed by atoms with van der Waals surface area (Å²) >= 11 is 0. The van der Waals surface area contributed by atoms with Crippen molar-refractivity contribution in [3.63, 3.8) is 0 Å². The van der Waals surface area contributed by atoms with Crippen molar-refractivity contribution in [2.24, 2.45) is 0 Å². The molecule has 1 aliphatic carbocycles. The maximum atomic E-state index is 5.60. The van der Waals surface area contributed by atoms with Gasteiger partial charge in [0.2, 0.25) is 0 Å². The lowest BCUT2D eigenvalue weighted by Crippen LogP contribution is -2.25. The molecule has 100 valence electrons. The molecule has 0 saturated carbocycles. The van der Waals surface area contributed by atoms with Gasteiger partial charge in [-0.1, -0.05) is 25.5 Å². The molecule has 1 heterocycles. The third-order valence-corrected chi connectivity index (χ3v) is 3.71. The van der Waals surface area contributed by atoms with E-state index in [2.05, 4.69) is 31.3 Å². The van der Waals surface area contributed by atoms with Crippen LogP contribution in [0.3, 0.4) is 0 Å². The molecule has 2 rings (SSSR count). The largest absolute Gasteiger partial charge is 0.469 e. The first-order valence-electron chi connectivity index (χ1n) is 7.35. The first-order valence-corrected chi connectivity index (χ1v) is 7.35. The van der Waals surface area contributed by atoms with Crippen molar-refractivity contribution >= 4 is 0 Å². The molecule has 0 radical (unpaired) electrons. The van der Waals surface area contributed by atoms with Crippen LogP contribution in [-0.4, -0.2) is 6.54 Å². The first-order chi connectivity index (χ1) is 8.86. The Hall–Kier alpha value is -1.02. The highest BCUT2D eigenvalue weighted by molar-refractivity contribution is 5.31. The van der Waals surface area contributed by atoms with Gasteiger partial charge in [-0.3, -0.25) is 0 Å². The molecule has 1 unspecified atom stereocenters. The summed E-state index contributed by atoms with van der Waals surface area (Å²) in [4.78, 5) is 0. The molecule has 1 aromatic rings. The molecule has 18 heavy (non-hydrogen) atoms. The van der Waals surface area contributed by atoms with E-state index >= 15 is 0 Å². The molecule has 1 aromatic heterocycles. The lowest BCUT2D eigenvalue weighted by molar-refractivity contribution is 0.491. The Balaban J connectivity index is 2.21. The fourth-order valence-electron chi connectivity index (χ4n) is 2.75. The molecule has 0 bridgehead atoms. The fourth-order valence-corrected chi connectivity index (χ4v) is 2.75. The summed E-state index contributed by atoms with van der Waals surface area (Å²) in [6.07, 6.45) is 11.5. The average molecular weight is 247 g/mol. The van der Waals surface area contributed by atoms with Crippen LogP contribution in [0.2, 0.25) is 0 Å². The van der Waals surface area contributed by atoms with E-state index in [1.165, 1.54) is 37.7 Å². The smallest absolute Gasteiger partial charge is 0.108 e. The topological polar surface area (TPSA) is 25.2 Å². The van der Waals surface area contributed by atoms with Gasteiger partial charge < -0.3 is 9.73 Å². The summed E-state index contributed by atoms with van der Waals surface area (Å²) in [5, 5.41) is 3.69. The maximum Gasteiger partial charge on any atom is 0.108 e. The molecular weight excluding hydrogens is 222 g/mol. The van der Waals surface area contributed by atoms with E-state index in [0.717, 1.165) is 18.7 Å². The van der Waals surface area contributed by atoms with Crippen molar-refractivity contribution in [3.05, 3.63) is 35.3 Å². The standard InChI is InChI=1S/C16H25NO/c1-3-11-17-16(13-8-6-5-7-9-13)14-10-12-18-15(14)4-2/h8,10,12,16-17H,3-7,9,11H2,1-2H3. The summed E-state index contributed by atoms with van der Waals surface area (Å²) < 4.78 is 5.60. The first kappa shape index (κ1) is 13.4. The molecule has 0 aliphatic heterocycles. The number of hydrogen-bond donors (Lipinski definition) is 1. The minimum Gasteiger partial charge on any atom is -0.469 e. The summed E-state index contributed by atoms with van der Waals surface area (Å²) in [7, 11) is 0. The highest BCUT2D eigenvalue weighted by atomic mass is 16.3. The van der Waals surface area contributed by atoms with Gasteiger partial charge in [0.15, 0.2) is 0 Å². The van der Waals surface area contributed by atoms with Crippen LogP contribution in [0.15, 0.2) is 28.4 Å². The van der Waals surface area contributed by atoms with Gasteiger partial charge in [-0.05, 0) is 44.7 Å². The molecule has 2 heteroatoms. The average Bonchev–Trinajstić information content (AvgIpc) is 2.89. The minimum absolute atomic E-state index is 0.374. The van der Waals surface area contributed by atoms with E-state index in [1.54, 1.807) is 5.57 Å². The Bertz CT molecular complexity index is 392. The van der Waals surface area contributed by atoms with Crippen LogP contribution in [0.25, 0.3) is 0 Å². The van der Waals surface area contributed by atoms with E-state index < -0.39 is 0 Å². The molecule has 0 spiro atoms.